The van der Waals surface area contributed by atoms with Crippen LogP contribution in [0.5, 0.6) is 0 Å². The van der Waals surface area contributed by atoms with Crippen LogP contribution >= 0.6 is 0 Å². The zero-order chi connectivity index (χ0) is 15.3. The Labute approximate surface area is 117 Å². The standard InChI is InChI=1S/C15H18O5/c1-5-19-14(18)12-8-6-7-11(9-12)13(17)15(3,4)20-10(2)16/h6-9H,5H2,1-4H3. The summed E-state index contributed by atoms with van der Waals surface area (Å²) in [6.45, 7) is 6.22. The maximum atomic E-state index is 12.3. The fraction of sp³-hybridized carbons (Fsp3) is 0.400. The van der Waals surface area contributed by atoms with Crippen LogP contribution in [0.3, 0.4) is 0 Å². The Hall–Kier alpha value is -2.17. The Balaban J connectivity index is 3.02. The SMILES string of the molecule is CCOC(=O)c1cccc(C(=O)C(C)(C)OC(C)=O)c1. The van der Waals surface area contributed by atoms with E-state index in [0.29, 0.717) is 5.56 Å². The smallest absolute Gasteiger partial charge is 0.338 e. The van der Waals surface area contributed by atoms with Crippen molar-refractivity contribution < 1.29 is 23.9 Å². The predicted octanol–water partition coefficient (Wildman–Crippen LogP) is 2.39. The molecule has 0 fully saturated rings. The number of carbonyl (C=O) groups is 3. The molecule has 0 atom stereocenters. The molecule has 108 valence electrons. The lowest BCUT2D eigenvalue weighted by Crippen LogP contribution is -2.36. The molecule has 0 saturated heterocycles. The van der Waals surface area contributed by atoms with E-state index in [0.717, 1.165) is 0 Å². The molecule has 0 aliphatic carbocycles. The molecule has 0 radical (unpaired) electrons. The van der Waals surface area contributed by atoms with Gasteiger partial charge in [-0.3, -0.25) is 9.59 Å². The fourth-order valence-electron chi connectivity index (χ4n) is 1.76. The fourth-order valence-corrected chi connectivity index (χ4v) is 1.76. The molecular weight excluding hydrogens is 260 g/mol. The van der Waals surface area contributed by atoms with Crippen molar-refractivity contribution in [3.8, 4) is 0 Å². The molecule has 0 unspecified atom stereocenters. The monoisotopic (exact) mass is 278 g/mol. The van der Waals surface area contributed by atoms with E-state index in [4.69, 9.17) is 9.47 Å². The second-order valence-electron chi connectivity index (χ2n) is 4.73. The van der Waals surface area contributed by atoms with Crippen molar-refractivity contribution in [2.75, 3.05) is 6.61 Å². The Morgan fingerprint density at radius 2 is 1.75 bits per heavy atom. The molecule has 0 saturated carbocycles. The number of rotatable bonds is 5. The molecule has 0 spiro atoms. The van der Waals surface area contributed by atoms with Crippen LogP contribution in [0.4, 0.5) is 0 Å². The van der Waals surface area contributed by atoms with E-state index in [1.165, 1.54) is 26.8 Å². The van der Waals surface area contributed by atoms with Crippen molar-refractivity contribution in [1.82, 2.24) is 0 Å². The Morgan fingerprint density at radius 1 is 1.15 bits per heavy atom. The molecule has 5 heteroatoms. The average molecular weight is 278 g/mol. The van der Waals surface area contributed by atoms with Gasteiger partial charge in [-0.25, -0.2) is 4.79 Å². The van der Waals surface area contributed by atoms with E-state index in [1.807, 2.05) is 0 Å². The van der Waals surface area contributed by atoms with Crippen molar-refractivity contribution >= 4 is 17.7 Å². The van der Waals surface area contributed by atoms with Crippen LogP contribution in [0.15, 0.2) is 24.3 Å². The summed E-state index contributed by atoms with van der Waals surface area (Å²) in [4.78, 5) is 34.9. The largest absolute Gasteiger partial charge is 0.462 e. The van der Waals surface area contributed by atoms with Crippen molar-refractivity contribution in [2.45, 2.75) is 33.3 Å². The third-order valence-electron chi connectivity index (χ3n) is 2.58. The lowest BCUT2D eigenvalue weighted by Gasteiger charge is -2.22. The summed E-state index contributed by atoms with van der Waals surface area (Å²) in [5, 5.41) is 0. The minimum absolute atomic E-state index is 0.260. The van der Waals surface area contributed by atoms with Crippen LogP contribution in [0.1, 0.15) is 48.4 Å². The van der Waals surface area contributed by atoms with Crippen LogP contribution < -0.4 is 0 Å². The Bertz CT molecular complexity index is 531. The number of benzene rings is 1. The quantitative estimate of drug-likeness (QED) is 0.611. The van der Waals surface area contributed by atoms with E-state index in [9.17, 15) is 14.4 Å². The van der Waals surface area contributed by atoms with Gasteiger partial charge in [-0.05, 0) is 32.9 Å². The van der Waals surface area contributed by atoms with Gasteiger partial charge in [0.1, 0.15) is 0 Å². The summed E-state index contributed by atoms with van der Waals surface area (Å²) < 4.78 is 9.87. The Kier molecular flexibility index (Phi) is 5.02. The molecule has 0 amide bonds. The maximum absolute atomic E-state index is 12.3. The number of ketones is 1. The summed E-state index contributed by atoms with van der Waals surface area (Å²) >= 11 is 0. The van der Waals surface area contributed by atoms with Gasteiger partial charge < -0.3 is 9.47 Å². The van der Waals surface area contributed by atoms with Crippen LogP contribution in [0.25, 0.3) is 0 Å². The first-order valence-electron chi connectivity index (χ1n) is 6.29. The zero-order valence-corrected chi connectivity index (χ0v) is 12.1. The highest BCUT2D eigenvalue weighted by Crippen LogP contribution is 2.19. The summed E-state index contributed by atoms with van der Waals surface area (Å²) in [7, 11) is 0. The molecule has 0 N–H and O–H groups in total. The molecule has 20 heavy (non-hydrogen) atoms. The summed E-state index contributed by atoms with van der Waals surface area (Å²) in [6.07, 6.45) is 0. The first-order chi connectivity index (χ1) is 9.27. The summed E-state index contributed by atoms with van der Waals surface area (Å²) in [5.74, 6) is -1.41. The lowest BCUT2D eigenvalue weighted by molar-refractivity contribution is -0.149. The Morgan fingerprint density at radius 3 is 2.30 bits per heavy atom. The molecule has 1 aromatic rings. The first kappa shape index (κ1) is 15.9. The number of Topliss-reactive ketones (excluding diaryl/α,β-unsaturated/α-hetero) is 1. The van der Waals surface area contributed by atoms with Crippen molar-refractivity contribution in [3.63, 3.8) is 0 Å². The molecule has 0 heterocycles. The summed E-state index contributed by atoms with van der Waals surface area (Å²) in [6, 6.07) is 6.15. The van der Waals surface area contributed by atoms with Gasteiger partial charge in [-0.1, -0.05) is 12.1 Å². The van der Waals surface area contributed by atoms with Crippen molar-refractivity contribution in [2.24, 2.45) is 0 Å². The number of ether oxygens (including phenoxy) is 2. The van der Waals surface area contributed by atoms with Crippen molar-refractivity contribution in [1.29, 1.82) is 0 Å². The van der Waals surface area contributed by atoms with Gasteiger partial charge in [0.05, 0.1) is 12.2 Å². The third kappa shape index (κ3) is 3.91. The molecule has 0 aromatic heterocycles. The maximum Gasteiger partial charge on any atom is 0.338 e. The molecule has 0 bridgehead atoms. The molecule has 5 nitrogen and oxygen atoms in total. The normalized spacial score (nSPS) is 10.8. The topological polar surface area (TPSA) is 69.7 Å². The number of hydrogen-bond donors (Lipinski definition) is 0. The van der Waals surface area contributed by atoms with Gasteiger partial charge in [0, 0.05) is 12.5 Å². The van der Waals surface area contributed by atoms with Gasteiger partial charge in [-0.15, -0.1) is 0 Å². The van der Waals surface area contributed by atoms with E-state index < -0.39 is 17.5 Å². The van der Waals surface area contributed by atoms with Gasteiger partial charge in [-0.2, -0.15) is 0 Å². The van der Waals surface area contributed by atoms with Gasteiger partial charge >= 0.3 is 11.9 Å². The van der Waals surface area contributed by atoms with Crippen molar-refractivity contribution in [3.05, 3.63) is 35.4 Å². The molecular formula is C15H18O5. The van der Waals surface area contributed by atoms with Crippen LogP contribution in [0, 0.1) is 0 Å². The van der Waals surface area contributed by atoms with Crippen LogP contribution in [-0.4, -0.2) is 29.9 Å². The molecule has 1 aromatic carbocycles. The highest BCUT2D eigenvalue weighted by Gasteiger charge is 2.32. The minimum atomic E-state index is -1.28. The minimum Gasteiger partial charge on any atom is -0.462 e. The average Bonchev–Trinajstić information content (AvgIpc) is 2.37. The second kappa shape index (κ2) is 6.32. The molecule has 0 aliphatic rings. The third-order valence-corrected chi connectivity index (χ3v) is 2.58. The van der Waals surface area contributed by atoms with E-state index in [2.05, 4.69) is 0 Å². The van der Waals surface area contributed by atoms with Gasteiger partial charge in [0.15, 0.2) is 5.60 Å². The lowest BCUT2D eigenvalue weighted by atomic mass is 9.95. The summed E-state index contributed by atoms with van der Waals surface area (Å²) in [5.41, 5.74) is -0.697. The molecule has 0 aliphatic heterocycles. The van der Waals surface area contributed by atoms with Crippen LogP contribution in [0.2, 0.25) is 0 Å². The highest BCUT2D eigenvalue weighted by atomic mass is 16.6. The van der Waals surface area contributed by atoms with Crippen LogP contribution in [-0.2, 0) is 14.3 Å². The van der Waals surface area contributed by atoms with E-state index in [-0.39, 0.29) is 18.0 Å². The van der Waals surface area contributed by atoms with Gasteiger partial charge in [0.25, 0.3) is 0 Å². The van der Waals surface area contributed by atoms with E-state index >= 15 is 0 Å². The highest BCUT2D eigenvalue weighted by molar-refractivity contribution is 6.04. The number of carbonyl (C=O) groups excluding carboxylic acids is 3. The second-order valence-corrected chi connectivity index (χ2v) is 4.73. The predicted molar refractivity (Wildman–Crippen MR) is 72.6 cm³/mol. The number of esters is 2. The zero-order valence-electron chi connectivity index (χ0n) is 12.1. The van der Waals surface area contributed by atoms with Gasteiger partial charge in [0.2, 0.25) is 5.78 Å². The molecule has 1 rings (SSSR count). The van der Waals surface area contributed by atoms with E-state index in [1.54, 1.807) is 25.1 Å². The first-order valence-corrected chi connectivity index (χ1v) is 6.29. The number of hydrogen-bond acceptors (Lipinski definition) is 5.